The monoisotopic (exact) mass is 380 g/mol. The highest BCUT2D eigenvalue weighted by molar-refractivity contribution is 8.00. The number of piperidine rings is 1. The van der Waals surface area contributed by atoms with E-state index in [2.05, 4.69) is 23.9 Å². The molecule has 1 aliphatic rings. The van der Waals surface area contributed by atoms with Crippen molar-refractivity contribution < 1.29 is 9.90 Å². The molecular formula is C17H24N4O2S2. The number of aliphatic hydroxyl groups excluding tert-OH is 1. The molecule has 0 radical (unpaired) electrons. The van der Waals surface area contributed by atoms with Gasteiger partial charge in [0.2, 0.25) is 5.13 Å². The Labute approximate surface area is 156 Å². The summed E-state index contributed by atoms with van der Waals surface area (Å²) in [5.41, 5.74) is 1.48. The first-order chi connectivity index (χ1) is 12.0. The third kappa shape index (κ3) is 3.91. The number of thioether (sulfide) groups is 1. The molecule has 0 aliphatic carbocycles. The SMILES string of the molecule is Cc1nn(-c2nccs2)c(C(=O)N2CCC(CO)CC2)c1SC(C)C. The summed E-state index contributed by atoms with van der Waals surface area (Å²) in [6.45, 7) is 7.74. The first-order valence-corrected chi connectivity index (χ1v) is 10.3. The van der Waals surface area contributed by atoms with E-state index in [0.29, 0.717) is 35.1 Å². The number of hydrogen-bond acceptors (Lipinski definition) is 6. The van der Waals surface area contributed by atoms with E-state index in [1.807, 2.05) is 17.2 Å². The van der Waals surface area contributed by atoms with Gasteiger partial charge in [0.1, 0.15) is 5.69 Å². The van der Waals surface area contributed by atoms with Crippen molar-refractivity contribution in [3.63, 3.8) is 0 Å². The molecule has 0 unspecified atom stereocenters. The van der Waals surface area contributed by atoms with E-state index in [1.165, 1.54) is 11.3 Å². The molecule has 3 rings (SSSR count). The van der Waals surface area contributed by atoms with Crippen LogP contribution in [0.2, 0.25) is 0 Å². The summed E-state index contributed by atoms with van der Waals surface area (Å²) >= 11 is 3.15. The number of amides is 1. The van der Waals surface area contributed by atoms with Crippen LogP contribution in [0, 0.1) is 12.8 Å². The second kappa shape index (κ2) is 7.88. The zero-order valence-electron chi connectivity index (χ0n) is 14.8. The third-order valence-electron chi connectivity index (χ3n) is 4.32. The molecular weight excluding hydrogens is 356 g/mol. The summed E-state index contributed by atoms with van der Waals surface area (Å²) in [5, 5.41) is 16.9. The summed E-state index contributed by atoms with van der Waals surface area (Å²) in [5.74, 6) is 0.314. The van der Waals surface area contributed by atoms with Crippen molar-refractivity contribution >= 4 is 29.0 Å². The number of aryl methyl sites for hydroxylation is 1. The fraction of sp³-hybridized carbons (Fsp3) is 0.588. The average molecular weight is 381 g/mol. The van der Waals surface area contributed by atoms with Gasteiger partial charge in [-0.15, -0.1) is 23.1 Å². The first kappa shape index (κ1) is 18.4. The topological polar surface area (TPSA) is 71.2 Å². The highest BCUT2D eigenvalue weighted by Crippen LogP contribution is 2.33. The number of rotatable bonds is 5. The Bertz CT molecular complexity index is 719. The molecule has 1 N–H and O–H groups in total. The Balaban J connectivity index is 1.96. The number of likely N-dealkylation sites (tertiary alicyclic amines) is 1. The van der Waals surface area contributed by atoms with E-state index in [9.17, 15) is 9.90 Å². The van der Waals surface area contributed by atoms with Crippen LogP contribution in [0.25, 0.3) is 5.13 Å². The molecule has 1 aliphatic heterocycles. The van der Waals surface area contributed by atoms with Gasteiger partial charge in [-0.05, 0) is 25.7 Å². The molecule has 3 heterocycles. The van der Waals surface area contributed by atoms with Crippen molar-refractivity contribution in [2.75, 3.05) is 19.7 Å². The largest absolute Gasteiger partial charge is 0.396 e. The molecule has 1 saturated heterocycles. The lowest BCUT2D eigenvalue weighted by molar-refractivity contribution is 0.0638. The molecule has 2 aromatic rings. The lowest BCUT2D eigenvalue weighted by atomic mass is 9.98. The number of nitrogens with zero attached hydrogens (tertiary/aromatic N) is 4. The average Bonchev–Trinajstić information content (AvgIpc) is 3.23. The molecule has 1 amide bonds. The zero-order chi connectivity index (χ0) is 18.0. The van der Waals surface area contributed by atoms with Crippen molar-refractivity contribution in [1.29, 1.82) is 0 Å². The van der Waals surface area contributed by atoms with Gasteiger partial charge < -0.3 is 10.0 Å². The fourth-order valence-corrected chi connectivity index (χ4v) is 4.57. The standard InChI is InChI=1S/C17H24N4O2S2/c1-11(2)25-15-12(3)19-21(17-18-6-9-24-17)14(15)16(23)20-7-4-13(10-22)5-8-20/h6,9,11,13,22H,4-5,7-8,10H2,1-3H3. The third-order valence-corrected chi connectivity index (χ3v) is 6.26. The minimum absolute atomic E-state index is 0.00957. The van der Waals surface area contributed by atoms with Crippen molar-refractivity contribution in [3.8, 4) is 5.13 Å². The van der Waals surface area contributed by atoms with E-state index in [1.54, 1.807) is 22.6 Å². The molecule has 1 fully saturated rings. The van der Waals surface area contributed by atoms with Crippen molar-refractivity contribution in [1.82, 2.24) is 19.7 Å². The van der Waals surface area contributed by atoms with E-state index < -0.39 is 0 Å². The van der Waals surface area contributed by atoms with Crippen LogP contribution in [0.4, 0.5) is 0 Å². The predicted molar refractivity (Wildman–Crippen MR) is 101 cm³/mol. The summed E-state index contributed by atoms with van der Waals surface area (Å²) in [4.78, 5) is 20.5. The number of hydrogen-bond donors (Lipinski definition) is 1. The number of carbonyl (C=O) groups is 1. The van der Waals surface area contributed by atoms with Gasteiger partial charge >= 0.3 is 0 Å². The van der Waals surface area contributed by atoms with Gasteiger partial charge in [0, 0.05) is 36.5 Å². The molecule has 0 saturated carbocycles. The van der Waals surface area contributed by atoms with Gasteiger partial charge in [0.05, 0.1) is 10.6 Å². The molecule has 2 aromatic heterocycles. The van der Waals surface area contributed by atoms with Gasteiger partial charge in [-0.25, -0.2) is 4.98 Å². The summed E-state index contributed by atoms with van der Waals surface area (Å²) < 4.78 is 1.70. The molecule has 136 valence electrons. The van der Waals surface area contributed by atoms with Crippen LogP contribution in [0.3, 0.4) is 0 Å². The second-order valence-corrected chi connectivity index (χ2v) is 9.03. The van der Waals surface area contributed by atoms with Crippen molar-refractivity contribution in [2.24, 2.45) is 5.92 Å². The Morgan fingerprint density at radius 2 is 2.16 bits per heavy atom. The normalized spacial score (nSPS) is 16.0. The van der Waals surface area contributed by atoms with E-state index in [-0.39, 0.29) is 12.5 Å². The molecule has 25 heavy (non-hydrogen) atoms. The fourth-order valence-electron chi connectivity index (χ4n) is 3.00. The van der Waals surface area contributed by atoms with E-state index in [4.69, 9.17) is 0 Å². The van der Waals surface area contributed by atoms with Crippen LogP contribution in [0.1, 0.15) is 42.9 Å². The minimum atomic E-state index is 0.00957. The highest BCUT2D eigenvalue weighted by Gasteiger charge is 2.30. The van der Waals surface area contributed by atoms with Crippen LogP contribution >= 0.6 is 23.1 Å². The van der Waals surface area contributed by atoms with E-state index >= 15 is 0 Å². The Morgan fingerprint density at radius 3 is 2.72 bits per heavy atom. The summed E-state index contributed by atoms with van der Waals surface area (Å²) in [6, 6.07) is 0. The van der Waals surface area contributed by atoms with Gasteiger partial charge in [0.15, 0.2) is 0 Å². The molecule has 6 nitrogen and oxygen atoms in total. The molecule has 0 atom stereocenters. The first-order valence-electron chi connectivity index (χ1n) is 8.57. The van der Waals surface area contributed by atoms with Crippen LogP contribution in [0.15, 0.2) is 16.5 Å². The lowest BCUT2D eigenvalue weighted by Gasteiger charge is -2.31. The van der Waals surface area contributed by atoms with Gasteiger partial charge in [0.25, 0.3) is 5.91 Å². The van der Waals surface area contributed by atoms with Gasteiger partial charge in [-0.3, -0.25) is 4.79 Å². The van der Waals surface area contributed by atoms with Crippen molar-refractivity contribution in [2.45, 2.75) is 43.8 Å². The van der Waals surface area contributed by atoms with Gasteiger partial charge in [-0.1, -0.05) is 13.8 Å². The quantitative estimate of drug-likeness (QED) is 0.808. The molecule has 0 bridgehead atoms. The smallest absolute Gasteiger partial charge is 0.273 e. The maximum Gasteiger partial charge on any atom is 0.273 e. The number of aliphatic hydroxyl groups is 1. The maximum atomic E-state index is 13.3. The molecule has 0 spiro atoms. The summed E-state index contributed by atoms with van der Waals surface area (Å²) in [6.07, 6.45) is 3.42. The maximum absolute atomic E-state index is 13.3. The minimum Gasteiger partial charge on any atom is -0.396 e. The number of aromatic nitrogens is 3. The number of thiazole rings is 1. The van der Waals surface area contributed by atoms with Crippen LogP contribution in [0.5, 0.6) is 0 Å². The van der Waals surface area contributed by atoms with Crippen LogP contribution < -0.4 is 0 Å². The Hall–Kier alpha value is -1.38. The van der Waals surface area contributed by atoms with E-state index in [0.717, 1.165) is 23.4 Å². The predicted octanol–water partition coefficient (Wildman–Crippen LogP) is 2.98. The zero-order valence-corrected chi connectivity index (χ0v) is 16.4. The van der Waals surface area contributed by atoms with Crippen LogP contribution in [-0.2, 0) is 0 Å². The highest BCUT2D eigenvalue weighted by atomic mass is 32.2. The Kier molecular flexibility index (Phi) is 5.81. The second-order valence-electron chi connectivity index (χ2n) is 6.57. The van der Waals surface area contributed by atoms with Crippen molar-refractivity contribution in [3.05, 3.63) is 23.0 Å². The lowest BCUT2D eigenvalue weighted by Crippen LogP contribution is -2.40. The van der Waals surface area contributed by atoms with Crippen LogP contribution in [-0.4, -0.2) is 55.6 Å². The number of carbonyl (C=O) groups excluding carboxylic acids is 1. The van der Waals surface area contributed by atoms with Gasteiger partial charge in [-0.2, -0.15) is 9.78 Å². The summed E-state index contributed by atoms with van der Waals surface area (Å²) in [7, 11) is 0. The Morgan fingerprint density at radius 1 is 1.44 bits per heavy atom. The molecule has 0 aromatic carbocycles. The molecule has 8 heteroatoms.